The molecule has 0 radical (unpaired) electrons. The summed E-state index contributed by atoms with van der Waals surface area (Å²) in [6.45, 7) is 5.96. The maximum absolute atomic E-state index is 13.3. The molecule has 0 N–H and O–H groups in total. The lowest BCUT2D eigenvalue weighted by molar-refractivity contribution is -0.386. The number of hydrogen-bond donors (Lipinski definition) is 0. The van der Waals surface area contributed by atoms with Crippen molar-refractivity contribution in [2.75, 3.05) is 13.1 Å². The first-order valence-electron chi connectivity index (χ1n) is 7.24. The Balaban J connectivity index is 2.02. The van der Waals surface area contributed by atoms with Crippen molar-refractivity contribution in [3.8, 4) is 5.75 Å². The molecule has 1 aliphatic heterocycles. The fourth-order valence-corrected chi connectivity index (χ4v) is 2.23. The molecule has 1 aromatic carbocycles. The number of nitrogens with zero attached hydrogens (tertiary/aromatic N) is 2. The standard InChI is InChI=1S/C15H19FN2O5/c1-15(2,3)23-14(19)17-7-6-11(9-17)22-13-8-10(16)4-5-12(13)18(20)21/h4-5,8,11H,6-7,9H2,1-3H3. The van der Waals surface area contributed by atoms with Gasteiger partial charge in [-0.05, 0) is 26.8 Å². The second-order valence-corrected chi connectivity index (χ2v) is 6.32. The van der Waals surface area contributed by atoms with Gasteiger partial charge < -0.3 is 14.4 Å². The molecular weight excluding hydrogens is 307 g/mol. The van der Waals surface area contributed by atoms with Gasteiger partial charge in [0.1, 0.15) is 17.5 Å². The normalized spacial score (nSPS) is 17.9. The van der Waals surface area contributed by atoms with Crippen LogP contribution in [-0.2, 0) is 4.74 Å². The fourth-order valence-electron chi connectivity index (χ4n) is 2.23. The van der Waals surface area contributed by atoms with Crippen LogP contribution in [0.1, 0.15) is 27.2 Å². The maximum atomic E-state index is 13.3. The van der Waals surface area contributed by atoms with Gasteiger partial charge in [0.05, 0.1) is 11.5 Å². The van der Waals surface area contributed by atoms with Gasteiger partial charge in [-0.3, -0.25) is 10.1 Å². The van der Waals surface area contributed by atoms with Crippen molar-refractivity contribution < 1.29 is 23.6 Å². The van der Waals surface area contributed by atoms with Crippen molar-refractivity contribution in [1.82, 2.24) is 4.90 Å². The van der Waals surface area contributed by atoms with Crippen molar-refractivity contribution in [2.24, 2.45) is 0 Å². The van der Waals surface area contributed by atoms with Crippen LogP contribution in [0.5, 0.6) is 5.75 Å². The third-order valence-corrected chi connectivity index (χ3v) is 3.21. The summed E-state index contributed by atoms with van der Waals surface area (Å²) < 4.78 is 24.1. The van der Waals surface area contributed by atoms with E-state index in [2.05, 4.69) is 0 Å². The number of amides is 1. The van der Waals surface area contributed by atoms with E-state index in [1.165, 1.54) is 4.90 Å². The Bertz CT molecular complexity index is 614. The van der Waals surface area contributed by atoms with Crippen LogP contribution >= 0.6 is 0 Å². The van der Waals surface area contributed by atoms with Crippen LogP contribution in [-0.4, -0.2) is 40.7 Å². The molecule has 0 aromatic heterocycles. The largest absolute Gasteiger partial charge is 0.481 e. The number of halogens is 1. The van der Waals surface area contributed by atoms with Crippen molar-refractivity contribution in [2.45, 2.75) is 38.9 Å². The topological polar surface area (TPSA) is 81.9 Å². The van der Waals surface area contributed by atoms with E-state index < -0.39 is 28.5 Å². The molecule has 0 saturated carbocycles. The lowest BCUT2D eigenvalue weighted by Gasteiger charge is -2.24. The average molecular weight is 326 g/mol. The van der Waals surface area contributed by atoms with Gasteiger partial charge in [-0.15, -0.1) is 0 Å². The first kappa shape index (κ1) is 17.0. The van der Waals surface area contributed by atoms with Gasteiger partial charge in [-0.2, -0.15) is 0 Å². The third-order valence-electron chi connectivity index (χ3n) is 3.21. The Hall–Kier alpha value is -2.38. The minimum atomic E-state index is -0.630. The van der Waals surface area contributed by atoms with Crippen molar-refractivity contribution in [1.29, 1.82) is 0 Å². The number of hydrogen-bond acceptors (Lipinski definition) is 5. The molecule has 1 aliphatic rings. The highest BCUT2D eigenvalue weighted by Gasteiger charge is 2.32. The van der Waals surface area contributed by atoms with Gasteiger partial charge in [0.2, 0.25) is 0 Å². The molecular formula is C15H19FN2O5. The minimum absolute atomic E-state index is 0.133. The number of rotatable bonds is 3. The van der Waals surface area contributed by atoms with Gasteiger partial charge in [0, 0.05) is 25.1 Å². The molecule has 7 nitrogen and oxygen atoms in total. The molecule has 1 aromatic rings. The summed E-state index contributed by atoms with van der Waals surface area (Å²) in [7, 11) is 0. The Labute approximate surface area is 133 Å². The SMILES string of the molecule is CC(C)(C)OC(=O)N1CCC(Oc2cc(F)ccc2[N+](=O)[O-])C1. The molecule has 1 saturated heterocycles. The fraction of sp³-hybridized carbons (Fsp3) is 0.533. The molecule has 0 spiro atoms. The van der Waals surface area contributed by atoms with Gasteiger partial charge in [0.15, 0.2) is 5.75 Å². The van der Waals surface area contributed by atoms with Crippen molar-refractivity contribution in [3.63, 3.8) is 0 Å². The van der Waals surface area contributed by atoms with E-state index >= 15 is 0 Å². The number of nitro groups is 1. The molecule has 8 heteroatoms. The molecule has 1 amide bonds. The van der Waals surface area contributed by atoms with Crippen LogP contribution in [0.4, 0.5) is 14.9 Å². The molecule has 23 heavy (non-hydrogen) atoms. The number of benzene rings is 1. The molecule has 1 heterocycles. The molecule has 0 aliphatic carbocycles. The summed E-state index contributed by atoms with van der Waals surface area (Å²) >= 11 is 0. The first-order valence-corrected chi connectivity index (χ1v) is 7.24. The summed E-state index contributed by atoms with van der Waals surface area (Å²) in [5.41, 5.74) is -0.903. The number of ether oxygens (including phenoxy) is 2. The highest BCUT2D eigenvalue weighted by atomic mass is 19.1. The number of carbonyl (C=O) groups excluding carboxylic acids is 1. The van der Waals surface area contributed by atoms with Gasteiger partial charge in [-0.1, -0.05) is 0 Å². The summed E-state index contributed by atoms with van der Waals surface area (Å²) in [6, 6.07) is 3.05. The summed E-state index contributed by atoms with van der Waals surface area (Å²) in [5, 5.41) is 11.0. The van der Waals surface area contributed by atoms with Crippen LogP contribution in [0.25, 0.3) is 0 Å². The van der Waals surface area contributed by atoms with Gasteiger partial charge in [-0.25, -0.2) is 9.18 Å². The lowest BCUT2D eigenvalue weighted by Crippen LogP contribution is -2.36. The Morgan fingerprint density at radius 1 is 1.43 bits per heavy atom. The van der Waals surface area contributed by atoms with Gasteiger partial charge >= 0.3 is 11.8 Å². The molecule has 1 fully saturated rings. The van der Waals surface area contributed by atoms with Crippen LogP contribution in [0.15, 0.2) is 18.2 Å². The molecule has 2 rings (SSSR count). The Morgan fingerprint density at radius 3 is 2.74 bits per heavy atom. The van der Waals surface area contributed by atoms with E-state index in [0.29, 0.717) is 13.0 Å². The predicted molar refractivity (Wildman–Crippen MR) is 79.9 cm³/mol. The second-order valence-electron chi connectivity index (χ2n) is 6.32. The van der Waals surface area contributed by atoms with Crippen LogP contribution in [0.3, 0.4) is 0 Å². The molecule has 1 unspecified atom stereocenters. The van der Waals surface area contributed by atoms with Crippen LogP contribution in [0, 0.1) is 15.9 Å². The van der Waals surface area contributed by atoms with E-state index in [1.54, 1.807) is 20.8 Å². The quantitative estimate of drug-likeness (QED) is 0.629. The van der Waals surface area contributed by atoms with Gasteiger partial charge in [0.25, 0.3) is 0 Å². The Morgan fingerprint density at radius 2 is 2.13 bits per heavy atom. The smallest absolute Gasteiger partial charge is 0.410 e. The average Bonchev–Trinajstić information content (AvgIpc) is 2.85. The van der Waals surface area contributed by atoms with Crippen molar-refractivity contribution >= 4 is 11.8 Å². The molecule has 1 atom stereocenters. The number of carbonyl (C=O) groups is 1. The minimum Gasteiger partial charge on any atom is -0.481 e. The summed E-state index contributed by atoms with van der Waals surface area (Å²) in [6.07, 6.45) is -0.409. The number of likely N-dealkylation sites (tertiary alicyclic amines) is 1. The number of nitro benzene ring substituents is 1. The first-order chi connectivity index (χ1) is 10.7. The monoisotopic (exact) mass is 326 g/mol. The zero-order valence-electron chi connectivity index (χ0n) is 13.2. The summed E-state index contributed by atoms with van der Waals surface area (Å²) in [5.74, 6) is -0.751. The zero-order valence-corrected chi connectivity index (χ0v) is 13.2. The van der Waals surface area contributed by atoms with E-state index in [0.717, 1.165) is 18.2 Å². The lowest BCUT2D eigenvalue weighted by atomic mass is 10.2. The molecule has 0 bridgehead atoms. The highest BCUT2D eigenvalue weighted by Crippen LogP contribution is 2.30. The van der Waals surface area contributed by atoms with Crippen LogP contribution < -0.4 is 4.74 Å². The second kappa shape index (κ2) is 6.39. The van der Waals surface area contributed by atoms with E-state index in [1.807, 2.05) is 0 Å². The van der Waals surface area contributed by atoms with Crippen LogP contribution in [0.2, 0.25) is 0 Å². The summed E-state index contributed by atoms with van der Waals surface area (Å²) in [4.78, 5) is 23.8. The third kappa shape index (κ3) is 4.54. The highest BCUT2D eigenvalue weighted by molar-refractivity contribution is 5.68. The van der Waals surface area contributed by atoms with E-state index in [-0.39, 0.29) is 18.0 Å². The van der Waals surface area contributed by atoms with E-state index in [9.17, 15) is 19.3 Å². The maximum Gasteiger partial charge on any atom is 0.410 e. The predicted octanol–water partition coefficient (Wildman–Crippen LogP) is 3.12. The molecule has 126 valence electrons. The van der Waals surface area contributed by atoms with Crippen molar-refractivity contribution in [3.05, 3.63) is 34.1 Å². The Kier molecular flexibility index (Phi) is 4.72. The van der Waals surface area contributed by atoms with E-state index in [4.69, 9.17) is 9.47 Å². The zero-order chi connectivity index (χ0) is 17.2.